The molecule has 176 valence electrons. The average molecular weight is 465 g/mol. The summed E-state index contributed by atoms with van der Waals surface area (Å²) < 4.78 is 28.6. The summed E-state index contributed by atoms with van der Waals surface area (Å²) in [7, 11) is 0. The van der Waals surface area contributed by atoms with E-state index in [0.717, 1.165) is 29.8 Å². The van der Waals surface area contributed by atoms with Gasteiger partial charge in [0, 0.05) is 42.7 Å². The number of nitrogen functional groups attached to an aromatic ring is 1. The first-order valence-corrected chi connectivity index (χ1v) is 11.4. The molecule has 1 aromatic carbocycles. The van der Waals surface area contributed by atoms with E-state index in [1.54, 1.807) is 10.8 Å². The van der Waals surface area contributed by atoms with Gasteiger partial charge in [0.05, 0.1) is 23.6 Å². The molecule has 34 heavy (non-hydrogen) atoms. The second-order valence-corrected chi connectivity index (χ2v) is 8.75. The number of aliphatic hydroxyl groups is 1. The monoisotopic (exact) mass is 464 g/mol. The molecule has 3 N–H and O–H groups in total. The number of fused-ring (bicyclic) bond motifs is 2. The molecule has 0 aliphatic carbocycles. The highest BCUT2D eigenvalue weighted by Gasteiger charge is 2.38. The summed E-state index contributed by atoms with van der Waals surface area (Å²) in [5, 5.41) is 11.3. The molecule has 2 saturated heterocycles. The van der Waals surface area contributed by atoms with Crippen molar-refractivity contribution in [2.45, 2.75) is 38.0 Å². The normalized spacial score (nSPS) is 22.4. The Bertz CT molecular complexity index is 1360. The molecule has 5 heterocycles. The van der Waals surface area contributed by atoms with Gasteiger partial charge in [0.25, 0.3) is 0 Å². The first-order valence-electron chi connectivity index (χ1n) is 11.4. The molecular formula is C24H25FN6O3. The van der Waals surface area contributed by atoms with Crippen LogP contribution in [0.5, 0.6) is 5.75 Å². The van der Waals surface area contributed by atoms with Gasteiger partial charge in [0.15, 0.2) is 6.23 Å². The van der Waals surface area contributed by atoms with Crippen LogP contribution in [0.15, 0.2) is 42.9 Å². The lowest BCUT2D eigenvalue weighted by Crippen LogP contribution is -2.37. The van der Waals surface area contributed by atoms with Crippen molar-refractivity contribution in [3.63, 3.8) is 0 Å². The van der Waals surface area contributed by atoms with Crippen molar-refractivity contribution in [1.29, 1.82) is 0 Å². The number of aromatic nitrogens is 4. The predicted molar refractivity (Wildman–Crippen MR) is 125 cm³/mol. The van der Waals surface area contributed by atoms with Crippen molar-refractivity contribution in [3.8, 4) is 5.75 Å². The van der Waals surface area contributed by atoms with Gasteiger partial charge in [-0.25, -0.2) is 19.3 Å². The molecule has 3 unspecified atom stereocenters. The molecule has 2 aliphatic rings. The third kappa shape index (κ3) is 3.59. The molecule has 0 bridgehead atoms. The highest BCUT2D eigenvalue weighted by Crippen LogP contribution is 2.36. The highest BCUT2D eigenvalue weighted by molar-refractivity contribution is 5.89. The van der Waals surface area contributed by atoms with Gasteiger partial charge in [-0.05, 0) is 30.7 Å². The third-order valence-electron chi connectivity index (χ3n) is 6.56. The number of hydrogen-bond donors (Lipinski definition) is 2. The molecule has 4 aromatic rings. The number of pyridine rings is 1. The summed E-state index contributed by atoms with van der Waals surface area (Å²) in [6, 6.07) is 9.88. The maximum Gasteiger partial charge on any atom is 0.167 e. The van der Waals surface area contributed by atoms with Gasteiger partial charge in [0.2, 0.25) is 0 Å². The number of nitrogens with zero attached hydrogens (tertiary/aromatic N) is 5. The Morgan fingerprint density at radius 3 is 2.85 bits per heavy atom. The highest BCUT2D eigenvalue weighted by atomic mass is 19.1. The largest absolute Gasteiger partial charge is 0.491 e. The van der Waals surface area contributed by atoms with E-state index >= 15 is 4.39 Å². The second kappa shape index (κ2) is 8.37. The standard InChI is InChI=1S/C24H25FN6O3/c25-18-8-17(34-24(18)31-10-15(11-32)21-22(26)27-13-28-23(21)31)12-33-16-4-2-14-3-5-20(29-19(14)9-16)30-6-1-7-30/h2-5,9-10,13,17-18,24,32H,1,6-8,11-12H2,(H2,26,27,28). The van der Waals surface area contributed by atoms with E-state index in [0.29, 0.717) is 22.3 Å². The van der Waals surface area contributed by atoms with Crippen molar-refractivity contribution < 1.29 is 19.0 Å². The van der Waals surface area contributed by atoms with Crippen molar-refractivity contribution in [2.75, 3.05) is 30.3 Å². The molecule has 2 fully saturated rings. The van der Waals surface area contributed by atoms with Crippen LogP contribution in [-0.2, 0) is 11.3 Å². The molecule has 0 spiro atoms. The Hall–Kier alpha value is -3.50. The number of aliphatic hydroxyl groups excluding tert-OH is 1. The van der Waals surface area contributed by atoms with Gasteiger partial charge >= 0.3 is 0 Å². The van der Waals surface area contributed by atoms with Gasteiger partial charge in [-0.15, -0.1) is 0 Å². The lowest BCUT2D eigenvalue weighted by atomic mass is 10.2. The number of halogens is 1. The summed E-state index contributed by atoms with van der Waals surface area (Å²) in [6.45, 7) is 2.02. The Balaban J connectivity index is 1.18. The quantitative estimate of drug-likeness (QED) is 0.448. The van der Waals surface area contributed by atoms with E-state index < -0.39 is 18.5 Å². The Morgan fingerprint density at radius 2 is 2.06 bits per heavy atom. The number of ether oxygens (including phenoxy) is 2. The first-order chi connectivity index (χ1) is 16.6. The van der Waals surface area contributed by atoms with Gasteiger partial charge in [0.1, 0.15) is 42.1 Å². The molecular weight excluding hydrogens is 439 g/mol. The van der Waals surface area contributed by atoms with E-state index in [1.807, 2.05) is 24.3 Å². The minimum atomic E-state index is -1.26. The van der Waals surface area contributed by atoms with Crippen LogP contribution in [0.3, 0.4) is 0 Å². The smallest absolute Gasteiger partial charge is 0.167 e. The zero-order chi connectivity index (χ0) is 23.2. The minimum Gasteiger partial charge on any atom is -0.491 e. The number of rotatable bonds is 6. The van der Waals surface area contributed by atoms with E-state index in [2.05, 4.69) is 20.9 Å². The van der Waals surface area contributed by atoms with Crippen LogP contribution in [0, 0.1) is 0 Å². The lowest BCUT2D eigenvalue weighted by Gasteiger charge is -2.32. The lowest BCUT2D eigenvalue weighted by molar-refractivity contribution is -0.0311. The van der Waals surface area contributed by atoms with Crippen LogP contribution < -0.4 is 15.4 Å². The van der Waals surface area contributed by atoms with Crippen molar-refractivity contribution in [1.82, 2.24) is 19.5 Å². The van der Waals surface area contributed by atoms with E-state index in [1.165, 1.54) is 12.7 Å². The third-order valence-corrected chi connectivity index (χ3v) is 6.56. The number of anilines is 2. The second-order valence-electron chi connectivity index (χ2n) is 8.75. The SMILES string of the molecule is Nc1ncnc2c1c(CO)cn2C1OC(COc2ccc3ccc(N4CCC4)nc3c2)CC1F. The van der Waals surface area contributed by atoms with Gasteiger partial charge in [-0.1, -0.05) is 0 Å². The Morgan fingerprint density at radius 1 is 1.21 bits per heavy atom. The number of benzene rings is 1. The number of alkyl halides is 1. The van der Waals surface area contributed by atoms with Gasteiger partial charge in [-0.3, -0.25) is 0 Å². The maximum atomic E-state index is 15.0. The van der Waals surface area contributed by atoms with Crippen LogP contribution in [0.2, 0.25) is 0 Å². The average Bonchev–Trinajstić information content (AvgIpc) is 3.37. The van der Waals surface area contributed by atoms with Crippen LogP contribution in [-0.4, -0.2) is 56.6 Å². The van der Waals surface area contributed by atoms with Crippen molar-refractivity contribution >= 4 is 33.6 Å². The molecule has 0 amide bonds. The zero-order valence-electron chi connectivity index (χ0n) is 18.5. The minimum absolute atomic E-state index is 0.185. The molecule has 0 radical (unpaired) electrons. The molecule has 2 aliphatic heterocycles. The molecule has 6 rings (SSSR count). The molecule has 3 atom stereocenters. The first kappa shape index (κ1) is 21.1. The van der Waals surface area contributed by atoms with Crippen LogP contribution >= 0.6 is 0 Å². The van der Waals surface area contributed by atoms with Crippen molar-refractivity contribution in [2.24, 2.45) is 0 Å². The molecule has 9 nitrogen and oxygen atoms in total. The molecule has 0 saturated carbocycles. The number of hydrogen-bond acceptors (Lipinski definition) is 8. The molecule has 3 aromatic heterocycles. The summed E-state index contributed by atoms with van der Waals surface area (Å²) in [6.07, 6.45) is 1.74. The van der Waals surface area contributed by atoms with Crippen LogP contribution in [0.4, 0.5) is 16.0 Å². The van der Waals surface area contributed by atoms with Crippen LogP contribution in [0.25, 0.3) is 21.9 Å². The van der Waals surface area contributed by atoms with E-state index in [9.17, 15) is 5.11 Å². The van der Waals surface area contributed by atoms with E-state index in [-0.39, 0.29) is 25.5 Å². The fourth-order valence-electron chi connectivity index (χ4n) is 4.64. The fraction of sp³-hybridized carbons (Fsp3) is 0.375. The summed E-state index contributed by atoms with van der Waals surface area (Å²) >= 11 is 0. The summed E-state index contributed by atoms with van der Waals surface area (Å²) in [5.74, 6) is 1.88. The topological polar surface area (TPSA) is 112 Å². The number of nitrogens with two attached hydrogens (primary N) is 1. The summed E-state index contributed by atoms with van der Waals surface area (Å²) in [5.41, 5.74) is 7.79. The van der Waals surface area contributed by atoms with Crippen molar-refractivity contribution in [3.05, 3.63) is 48.4 Å². The van der Waals surface area contributed by atoms with Crippen LogP contribution in [0.1, 0.15) is 24.6 Å². The Labute approximate surface area is 194 Å². The Kier molecular flexibility index (Phi) is 5.19. The van der Waals surface area contributed by atoms with Gasteiger partial charge in [-0.2, -0.15) is 0 Å². The summed E-state index contributed by atoms with van der Waals surface area (Å²) in [4.78, 5) is 15.2. The zero-order valence-corrected chi connectivity index (χ0v) is 18.5. The van der Waals surface area contributed by atoms with E-state index in [4.69, 9.17) is 20.2 Å². The van der Waals surface area contributed by atoms with Gasteiger partial charge < -0.3 is 29.8 Å². The predicted octanol–water partition coefficient (Wildman–Crippen LogP) is 2.97. The fourth-order valence-corrected chi connectivity index (χ4v) is 4.64. The maximum absolute atomic E-state index is 15.0. The molecule has 10 heteroatoms.